The first-order valence-electron chi connectivity index (χ1n) is 15.3. The molecular formula is C35H46N4O3. The Bertz CT molecular complexity index is 1280. The molecule has 42 heavy (non-hydrogen) atoms. The van der Waals surface area contributed by atoms with Gasteiger partial charge in [0, 0.05) is 51.9 Å². The molecule has 0 amide bonds. The van der Waals surface area contributed by atoms with E-state index in [1.165, 1.54) is 16.7 Å². The number of Topliss-reactive ketones (excluding diaryl/α,β-unsaturated/α-hetero) is 1. The number of nitrogens with zero attached hydrogens (tertiary/aromatic N) is 3. The Balaban J connectivity index is 1.21. The first-order valence-corrected chi connectivity index (χ1v) is 15.3. The molecule has 3 heterocycles. The van der Waals surface area contributed by atoms with Crippen LogP contribution in [0.25, 0.3) is 0 Å². The van der Waals surface area contributed by atoms with Crippen LogP contribution in [0.5, 0.6) is 0 Å². The van der Waals surface area contributed by atoms with Crippen LogP contribution in [0.1, 0.15) is 66.4 Å². The number of nitrogens with one attached hydrogen (secondary N) is 1. The number of hydrogen-bond donors (Lipinski definition) is 1. The molecule has 2 saturated heterocycles. The Morgan fingerprint density at radius 2 is 1.76 bits per heavy atom. The fourth-order valence-electron chi connectivity index (χ4n) is 6.58. The van der Waals surface area contributed by atoms with Gasteiger partial charge in [-0.1, -0.05) is 60.7 Å². The molecule has 1 aromatic heterocycles. The molecule has 224 valence electrons. The SMILES string of the molecule is CNCC[C@@H](OCc1cccc(CN2CCN([C@]3(C(=O)c4ccccn4)CCOC(C)(C)C3)CC2)c1)c1ccccc1. The molecule has 0 radical (unpaired) electrons. The second-order valence-electron chi connectivity index (χ2n) is 12.3. The largest absolute Gasteiger partial charge is 0.375 e. The van der Waals surface area contributed by atoms with Crippen molar-refractivity contribution in [1.82, 2.24) is 20.1 Å². The first kappa shape index (κ1) is 30.5. The van der Waals surface area contributed by atoms with Gasteiger partial charge >= 0.3 is 0 Å². The molecule has 0 saturated carbocycles. The predicted octanol–water partition coefficient (Wildman–Crippen LogP) is 5.28. The maximum atomic E-state index is 14.0. The molecule has 0 spiro atoms. The van der Waals surface area contributed by atoms with E-state index in [0.717, 1.165) is 45.7 Å². The van der Waals surface area contributed by atoms with Crippen LogP contribution in [0.15, 0.2) is 79.0 Å². The summed E-state index contributed by atoms with van der Waals surface area (Å²) in [5, 5.41) is 3.25. The summed E-state index contributed by atoms with van der Waals surface area (Å²) >= 11 is 0. The summed E-state index contributed by atoms with van der Waals surface area (Å²) in [6.45, 7) is 10.7. The minimum Gasteiger partial charge on any atom is -0.375 e. The normalized spacial score (nSPS) is 22.1. The smallest absolute Gasteiger partial charge is 0.201 e. The molecule has 2 aliphatic rings. The van der Waals surface area contributed by atoms with Gasteiger partial charge in [0.2, 0.25) is 5.78 Å². The maximum Gasteiger partial charge on any atom is 0.201 e. The molecule has 2 aromatic carbocycles. The van der Waals surface area contributed by atoms with E-state index < -0.39 is 5.54 Å². The zero-order valence-corrected chi connectivity index (χ0v) is 25.4. The molecule has 0 aliphatic carbocycles. The number of ether oxygens (including phenoxy) is 2. The van der Waals surface area contributed by atoms with E-state index >= 15 is 0 Å². The van der Waals surface area contributed by atoms with Crippen molar-refractivity contribution >= 4 is 5.78 Å². The third-order valence-corrected chi connectivity index (χ3v) is 8.70. The van der Waals surface area contributed by atoms with Crippen LogP contribution >= 0.6 is 0 Å². The van der Waals surface area contributed by atoms with Crippen molar-refractivity contribution in [3.8, 4) is 0 Å². The number of benzene rings is 2. The molecule has 2 atom stereocenters. The first-order chi connectivity index (χ1) is 20.4. The van der Waals surface area contributed by atoms with E-state index in [1.54, 1.807) is 6.20 Å². The second-order valence-corrected chi connectivity index (χ2v) is 12.3. The minimum absolute atomic E-state index is 0.0617. The number of pyridine rings is 1. The molecule has 0 unspecified atom stereocenters. The van der Waals surface area contributed by atoms with E-state index in [4.69, 9.17) is 9.47 Å². The number of piperazine rings is 1. The summed E-state index contributed by atoms with van der Waals surface area (Å²) in [7, 11) is 1.98. The van der Waals surface area contributed by atoms with Crippen molar-refractivity contribution in [3.05, 3.63) is 101 Å². The standard InChI is InChI=1S/C35H46N4O3/c1-34(2)27-35(16-23-42-34,33(40)31-14-7-8-17-37-31)39-21-19-38(20-22-39)25-28-10-9-11-29(24-28)26-41-32(15-18-36-3)30-12-5-4-6-13-30/h4-14,17,24,32,36H,15-16,18-23,25-27H2,1-3H3/t32-,35-/m1/s1. The highest BCUT2D eigenvalue weighted by Crippen LogP contribution is 2.39. The lowest BCUT2D eigenvalue weighted by Gasteiger charge is -2.52. The number of ketones is 1. The molecule has 7 nitrogen and oxygen atoms in total. The van der Waals surface area contributed by atoms with E-state index in [9.17, 15) is 4.79 Å². The summed E-state index contributed by atoms with van der Waals surface area (Å²) < 4.78 is 12.5. The van der Waals surface area contributed by atoms with Gasteiger partial charge in [-0.2, -0.15) is 0 Å². The Morgan fingerprint density at radius 3 is 2.48 bits per heavy atom. The number of carbonyl (C=O) groups is 1. The van der Waals surface area contributed by atoms with Crippen molar-refractivity contribution < 1.29 is 14.3 Å². The van der Waals surface area contributed by atoms with Gasteiger partial charge in [-0.05, 0) is 69.1 Å². The predicted molar refractivity (Wildman–Crippen MR) is 166 cm³/mol. The average Bonchev–Trinajstić information content (AvgIpc) is 3.01. The fourth-order valence-corrected chi connectivity index (χ4v) is 6.58. The molecule has 5 rings (SSSR count). The summed E-state index contributed by atoms with van der Waals surface area (Å²) in [5.41, 5.74) is 3.33. The lowest BCUT2D eigenvalue weighted by molar-refractivity contribution is -0.113. The third kappa shape index (κ3) is 7.52. The zero-order valence-electron chi connectivity index (χ0n) is 25.4. The number of aromatic nitrogens is 1. The van der Waals surface area contributed by atoms with Gasteiger partial charge in [0.1, 0.15) is 5.69 Å². The Morgan fingerprint density at radius 1 is 1.00 bits per heavy atom. The van der Waals surface area contributed by atoms with Gasteiger partial charge in [0.05, 0.1) is 23.9 Å². The van der Waals surface area contributed by atoms with Gasteiger partial charge in [0.15, 0.2) is 0 Å². The summed E-state index contributed by atoms with van der Waals surface area (Å²) in [6.07, 6.45) is 4.08. The number of carbonyl (C=O) groups excluding carboxylic acids is 1. The van der Waals surface area contributed by atoms with Crippen LogP contribution in [0, 0.1) is 0 Å². The highest BCUT2D eigenvalue weighted by atomic mass is 16.5. The van der Waals surface area contributed by atoms with Gasteiger partial charge in [0.25, 0.3) is 0 Å². The lowest BCUT2D eigenvalue weighted by Crippen LogP contribution is -2.65. The molecule has 2 fully saturated rings. The molecule has 1 N–H and O–H groups in total. The van der Waals surface area contributed by atoms with Gasteiger partial charge in [-0.25, -0.2) is 0 Å². The van der Waals surface area contributed by atoms with Gasteiger partial charge in [-0.15, -0.1) is 0 Å². The van der Waals surface area contributed by atoms with Crippen molar-refractivity contribution in [2.24, 2.45) is 0 Å². The summed E-state index contributed by atoms with van der Waals surface area (Å²) in [5.74, 6) is 0.129. The Kier molecular flexibility index (Phi) is 10.2. The van der Waals surface area contributed by atoms with Gasteiger partial charge < -0.3 is 14.8 Å². The van der Waals surface area contributed by atoms with Crippen LogP contribution in [-0.4, -0.2) is 78.1 Å². The monoisotopic (exact) mass is 570 g/mol. The van der Waals surface area contributed by atoms with Gasteiger partial charge in [-0.3, -0.25) is 19.6 Å². The lowest BCUT2D eigenvalue weighted by atomic mass is 9.75. The Hall–Kier alpha value is -2.94. The van der Waals surface area contributed by atoms with Crippen LogP contribution in [-0.2, 0) is 22.6 Å². The molecule has 2 aliphatic heterocycles. The molecule has 7 heteroatoms. The quantitative estimate of drug-likeness (QED) is 0.297. The van der Waals surface area contributed by atoms with E-state index in [1.807, 2.05) is 31.3 Å². The molecule has 3 aromatic rings. The second kappa shape index (κ2) is 14.0. The van der Waals surface area contributed by atoms with Crippen molar-refractivity contribution in [3.63, 3.8) is 0 Å². The highest BCUT2D eigenvalue weighted by molar-refractivity contribution is 6.02. The third-order valence-electron chi connectivity index (χ3n) is 8.70. The van der Waals surface area contributed by atoms with E-state index in [0.29, 0.717) is 31.7 Å². The maximum absolute atomic E-state index is 14.0. The number of hydrogen-bond acceptors (Lipinski definition) is 7. The molecule has 0 bridgehead atoms. The molecular weight excluding hydrogens is 524 g/mol. The zero-order chi connectivity index (χ0) is 29.4. The van der Waals surface area contributed by atoms with E-state index in [-0.39, 0.29) is 17.5 Å². The van der Waals surface area contributed by atoms with E-state index in [2.05, 4.69) is 82.5 Å². The van der Waals surface area contributed by atoms with Crippen LogP contribution < -0.4 is 5.32 Å². The minimum atomic E-state index is -0.581. The number of rotatable bonds is 12. The summed E-state index contributed by atoms with van der Waals surface area (Å²) in [4.78, 5) is 23.3. The van der Waals surface area contributed by atoms with Crippen molar-refractivity contribution in [2.75, 3.05) is 46.4 Å². The van der Waals surface area contributed by atoms with Crippen LogP contribution in [0.4, 0.5) is 0 Å². The average molecular weight is 571 g/mol. The van der Waals surface area contributed by atoms with Crippen LogP contribution in [0.3, 0.4) is 0 Å². The summed E-state index contributed by atoms with van der Waals surface area (Å²) in [6, 6.07) is 24.9. The fraction of sp³-hybridized carbons (Fsp3) is 0.486. The highest BCUT2D eigenvalue weighted by Gasteiger charge is 2.51. The van der Waals surface area contributed by atoms with Crippen molar-refractivity contribution in [2.45, 2.75) is 63.5 Å². The van der Waals surface area contributed by atoms with Crippen molar-refractivity contribution in [1.29, 1.82) is 0 Å². The van der Waals surface area contributed by atoms with Crippen LogP contribution in [0.2, 0.25) is 0 Å². The Labute approximate surface area is 251 Å². The topological polar surface area (TPSA) is 66.9 Å².